The van der Waals surface area contributed by atoms with Crippen LogP contribution < -0.4 is 0 Å². The molecule has 98 valence electrons. The van der Waals surface area contributed by atoms with Crippen LogP contribution >= 0.6 is 11.6 Å². The zero-order valence-electron chi connectivity index (χ0n) is 10.2. The number of hydrogen-bond acceptors (Lipinski definition) is 1. The summed E-state index contributed by atoms with van der Waals surface area (Å²) >= 11 is 5.75. The van der Waals surface area contributed by atoms with Gasteiger partial charge in [-0.05, 0) is 48.4 Å². The minimum absolute atomic E-state index is 0.0172. The molecule has 0 fully saturated rings. The summed E-state index contributed by atoms with van der Waals surface area (Å²) in [4.78, 5) is 12.0. The van der Waals surface area contributed by atoms with Gasteiger partial charge in [0.05, 0.1) is 5.56 Å². The SMILES string of the molecule is Cc1cc(F)ccc1CC(=O)c1cc(Cl)ccc1F. The zero-order chi connectivity index (χ0) is 14.0. The van der Waals surface area contributed by atoms with Crippen molar-refractivity contribution in [2.75, 3.05) is 0 Å². The second-order valence-electron chi connectivity index (χ2n) is 4.29. The van der Waals surface area contributed by atoms with Gasteiger partial charge in [0.15, 0.2) is 5.78 Å². The van der Waals surface area contributed by atoms with Gasteiger partial charge in [0.25, 0.3) is 0 Å². The van der Waals surface area contributed by atoms with E-state index >= 15 is 0 Å². The highest BCUT2D eigenvalue weighted by Gasteiger charge is 2.14. The molecule has 2 rings (SSSR count). The zero-order valence-corrected chi connectivity index (χ0v) is 11.0. The quantitative estimate of drug-likeness (QED) is 0.764. The summed E-state index contributed by atoms with van der Waals surface area (Å²) < 4.78 is 26.5. The van der Waals surface area contributed by atoms with Crippen LogP contribution in [-0.4, -0.2) is 5.78 Å². The summed E-state index contributed by atoms with van der Waals surface area (Å²) in [5.74, 6) is -1.34. The van der Waals surface area contributed by atoms with E-state index < -0.39 is 5.82 Å². The molecular weight excluding hydrogens is 270 g/mol. The number of ketones is 1. The predicted molar refractivity (Wildman–Crippen MR) is 70.6 cm³/mol. The van der Waals surface area contributed by atoms with Crippen LogP contribution in [0.1, 0.15) is 21.5 Å². The molecule has 0 spiro atoms. The first-order valence-corrected chi connectivity index (χ1v) is 6.08. The van der Waals surface area contributed by atoms with Crippen LogP contribution in [0.15, 0.2) is 36.4 Å². The number of hydrogen-bond donors (Lipinski definition) is 0. The Bertz CT molecular complexity index is 638. The minimum Gasteiger partial charge on any atom is -0.294 e. The summed E-state index contributed by atoms with van der Waals surface area (Å²) in [6.07, 6.45) is 0.0172. The number of aryl methyl sites for hydroxylation is 1. The van der Waals surface area contributed by atoms with Gasteiger partial charge in [-0.2, -0.15) is 0 Å². The van der Waals surface area contributed by atoms with Gasteiger partial charge in [0.2, 0.25) is 0 Å². The van der Waals surface area contributed by atoms with Crippen molar-refractivity contribution >= 4 is 17.4 Å². The van der Waals surface area contributed by atoms with Crippen molar-refractivity contribution in [2.45, 2.75) is 13.3 Å². The lowest BCUT2D eigenvalue weighted by Crippen LogP contribution is -2.07. The molecule has 0 amide bonds. The highest BCUT2D eigenvalue weighted by atomic mass is 35.5. The van der Waals surface area contributed by atoms with Crippen molar-refractivity contribution in [3.05, 3.63) is 69.7 Å². The molecule has 0 aromatic heterocycles. The fourth-order valence-corrected chi connectivity index (χ4v) is 2.01. The van der Waals surface area contributed by atoms with Crippen molar-refractivity contribution in [3.8, 4) is 0 Å². The van der Waals surface area contributed by atoms with Crippen molar-refractivity contribution in [3.63, 3.8) is 0 Å². The van der Waals surface area contributed by atoms with E-state index in [1.165, 1.54) is 30.3 Å². The van der Waals surface area contributed by atoms with Gasteiger partial charge in [-0.15, -0.1) is 0 Å². The van der Waals surface area contributed by atoms with Gasteiger partial charge >= 0.3 is 0 Å². The molecule has 0 radical (unpaired) electrons. The lowest BCUT2D eigenvalue weighted by Gasteiger charge is -2.06. The van der Waals surface area contributed by atoms with Crippen LogP contribution in [0.5, 0.6) is 0 Å². The molecule has 0 aliphatic rings. The number of rotatable bonds is 3. The molecule has 0 aliphatic carbocycles. The predicted octanol–water partition coefficient (Wildman–Crippen LogP) is 4.35. The Balaban J connectivity index is 2.28. The second kappa shape index (κ2) is 5.49. The number of carbonyl (C=O) groups excluding carboxylic acids is 1. The minimum atomic E-state index is -0.603. The maximum Gasteiger partial charge on any atom is 0.170 e. The van der Waals surface area contributed by atoms with Crippen molar-refractivity contribution in [2.24, 2.45) is 0 Å². The third kappa shape index (κ3) is 3.18. The van der Waals surface area contributed by atoms with Gasteiger partial charge in [0.1, 0.15) is 11.6 Å². The van der Waals surface area contributed by atoms with Crippen LogP contribution in [0, 0.1) is 18.6 Å². The number of benzene rings is 2. The average molecular weight is 281 g/mol. The molecule has 2 aromatic carbocycles. The standard InChI is InChI=1S/C15H11ClF2O/c1-9-6-12(17)4-2-10(9)7-15(19)13-8-11(16)3-5-14(13)18/h2-6,8H,7H2,1H3. The third-order valence-electron chi connectivity index (χ3n) is 2.88. The molecule has 2 aromatic rings. The maximum atomic E-state index is 13.5. The van der Waals surface area contributed by atoms with E-state index in [1.54, 1.807) is 6.92 Å². The van der Waals surface area contributed by atoms with E-state index in [-0.39, 0.29) is 23.6 Å². The van der Waals surface area contributed by atoms with Crippen LogP contribution in [0.4, 0.5) is 8.78 Å². The Morgan fingerprint density at radius 3 is 2.58 bits per heavy atom. The molecule has 4 heteroatoms. The summed E-state index contributed by atoms with van der Waals surface area (Å²) in [5, 5.41) is 0.306. The Hall–Kier alpha value is -1.74. The molecule has 0 saturated heterocycles. The molecular formula is C15H11ClF2O. The van der Waals surface area contributed by atoms with Crippen LogP contribution in [0.25, 0.3) is 0 Å². The van der Waals surface area contributed by atoms with Gasteiger partial charge in [0, 0.05) is 11.4 Å². The molecule has 0 saturated carbocycles. The highest BCUT2D eigenvalue weighted by molar-refractivity contribution is 6.31. The monoisotopic (exact) mass is 280 g/mol. The first kappa shape index (κ1) is 13.7. The van der Waals surface area contributed by atoms with Crippen molar-refractivity contribution < 1.29 is 13.6 Å². The molecule has 19 heavy (non-hydrogen) atoms. The van der Waals surface area contributed by atoms with Gasteiger partial charge < -0.3 is 0 Å². The number of Topliss-reactive ketones (excluding diaryl/α,β-unsaturated/α-hetero) is 1. The second-order valence-corrected chi connectivity index (χ2v) is 4.73. The normalized spacial score (nSPS) is 10.5. The Labute approximate surface area is 114 Å². The van der Waals surface area contributed by atoms with Gasteiger partial charge in [-0.1, -0.05) is 17.7 Å². The smallest absolute Gasteiger partial charge is 0.170 e. The van der Waals surface area contributed by atoms with Crippen molar-refractivity contribution in [1.82, 2.24) is 0 Å². The molecule has 1 nitrogen and oxygen atoms in total. The highest BCUT2D eigenvalue weighted by Crippen LogP contribution is 2.18. The Morgan fingerprint density at radius 1 is 1.16 bits per heavy atom. The molecule has 0 aliphatic heterocycles. The van der Waals surface area contributed by atoms with E-state index in [4.69, 9.17) is 11.6 Å². The largest absolute Gasteiger partial charge is 0.294 e. The molecule has 0 heterocycles. The summed E-state index contributed by atoms with van der Waals surface area (Å²) in [7, 11) is 0. The van der Waals surface area contributed by atoms with Crippen LogP contribution in [0.2, 0.25) is 5.02 Å². The number of halogens is 3. The first-order valence-electron chi connectivity index (χ1n) is 5.70. The molecule has 0 unspecified atom stereocenters. The summed E-state index contributed by atoms with van der Waals surface area (Å²) in [6, 6.07) is 8.01. The lowest BCUT2D eigenvalue weighted by molar-refractivity contribution is 0.0989. The molecule has 0 atom stereocenters. The first-order chi connectivity index (χ1) is 8.97. The fourth-order valence-electron chi connectivity index (χ4n) is 1.84. The lowest BCUT2D eigenvalue weighted by atomic mass is 9.99. The third-order valence-corrected chi connectivity index (χ3v) is 3.12. The number of carbonyl (C=O) groups is 1. The van der Waals surface area contributed by atoms with Crippen molar-refractivity contribution in [1.29, 1.82) is 0 Å². The van der Waals surface area contributed by atoms with Gasteiger partial charge in [-0.25, -0.2) is 8.78 Å². The molecule has 0 bridgehead atoms. The van der Waals surface area contributed by atoms with E-state index in [0.717, 1.165) is 6.07 Å². The van der Waals surface area contributed by atoms with Crippen LogP contribution in [0.3, 0.4) is 0 Å². The topological polar surface area (TPSA) is 17.1 Å². The van der Waals surface area contributed by atoms with Crippen LogP contribution in [-0.2, 0) is 6.42 Å². The molecule has 0 N–H and O–H groups in total. The van der Waals surface area contributed by atoms with E-state index in [2.05, 4.69) is 0 Å². The van der Waals surface area contributed by atoms with Gasteiger partial charge in [-0.3, -0.25) is 4.79 Å². The van der Waals surface area contributed by atoms with E-state index in [1.807, 2.05) is 0 Å². The fraction of sp³-hybridized carbons (Fsp3) is 0.133. The average Bonchev–Trinajstić information content (AvgIpc) is 2.35. The Kier molecular flexibility index (Phi) is 3.96. The maximum absolute atomic E-state index is 13.5. The summed E-state index contributed by atoms with van der Waals surface area (Å²) in [6.45, 7) is 1.71. The van der Waals surface area contributed by atoms with E-state index in [9.17, 15) is 13.6 Å². The van der Waals surface area contributed by atoms with E-state index in [0.29, 0.717) is 16.1 Å². The summed E-state index contributed by atoms with van der Waals surface area (Å²) in [5.41, 5.74) is 1.29. The Morgan fingerprint density at radius 2 is 1.89 bits per heavy atom.